The maximum absolute atomic E-state index is 9.74. The Hall–Kier alpha value is -2.73. The largest absolute Gasteiger partial charge is 0.507 e. The first-order valence-corrected chi connectivity index (χ1v) is 6.72. The van der Waals surface area contributed by atoms with Gasteiger partial charge in [0.25, 0.3) is 0 Å². The summed E-state index contributed by atoms with van der Waals surface area (Å²) in [5.41, 5.74) is 1.51. The molecular formula is C15H12N4OS. The molecule has 0 aliphatic heterocycles. The second-order valence-electron chi connectivity index (χ2n) is 4.33. The van der Waals surface area contributed by atoms with Gasteiger partial charge in [-0.1, -0.05) is 42.5 Å². The minimum absolute atomic E-state index is 0.164. The number of phenols is 1. The maximum atomic E-state index is 9.74. The molecule has 0 bridgehead atoms. The van der Waals surface area contributed by atoms with E-state index in [9.17, 15) is 5.11 Å². The van der Waals surface area contributed by atoms with Gasteiger partial charge in [-0.25, -0.2) is 5.10 Å². The Morgan fingerprint density at radius 3 is 2.57 bits per heavy atom. The molecule has 2 aromatic carbocycles. The number of para-hydroxylation sites is 1. The lowest BCUT2D eigenvalue weighted by atomic mass is 10.2. The molecule has 21 heavy (non-hydrogen) atoms. The molecule has 0 aliphatic carbocycles. The Labute approximate surface area is 126 Å². The lowest BCUT2D eigenvalue weighted by Crippen LogP contribution is -1.95. The zero-order valence-corrected chi connectivity index (χ0v) is 11.8. The molecule has 0 aliphatic rings. The number of rotatable bonds is 3. The number of hydrogen-bond acceptors (Lipinski definition) is 4. The highest BCUT2D eigenvalue weighted by molar-refractivity contribution is 7.71. The van der Waals surface area contributed by atoms with Crippen LogP contribution < -0.4 is 0 Å². The first-order chi connectivity index (χ1) is 10.3. The van der Waals surface area contributed by atoms with Gasteiger partial charge in [-0.15, -0.1) is 0 Å². The van der Waals surface area contributed by atoms with Gasteiger partial charge in [-0.2, -0.15) is 14.9 Å². The number of hydrogen-bond donors (Lipinski definition) is 2. The fraction of sp³-hybridized carbons (Fsp3) is 0. The summed E-state index contributed by atoms with van der Waals surface area (Å²) in [6.45, 7) is 0. The van der Waals surface area contributed by atoms with Crippen LogP contribution in [0.15, 0.2) is 59.7 Å². The summed E-state index contributed by atoms with van der Waals surface area (Å²) in [4.78, 5) is 0. The quantitative estimate of drug-likeness (QED) is 0.576. The Morgan fingerprint density at radius 2 is 1.81 bits per heavy atom. The van der Waals surface area contributed by atoms with E-state index in [1.807, 2.05) is 36.4 Å². The predicted molar refractivity (Wildman–Crippen MR) is 83.9 cm³/mol. The lowest BCUT2D eigenvalue weighted by molar-refractivity contribution is 0.474. The third-order valence-corrected chi connectivity index (χ3v) is 3.20. The summed E-state index contributed by atoms with van der Waals surface area (Å²) in [7, 11) is 0. The third-order valence-electron chi connectivity index (χ3n) is 2.93. The van der Waals surface area contributed by atoms with Crippen LogP contribution in [0.4, 0.5) is 0 Å². The van der Waals surface area contributed by atoms with Crippen LogP contribution in [0.2, 0.25) is 0 Å². The second kappa shape index (κ2) is 5.72. The Kier molecular flexibility index (Phi) is 3.61. The summed E-state index contributed by atoms with van der Waals surface area (Å²) in [6.07, 6.45) is 1.55. The molecule has 0 spiro atoms. The molecule has 0 saturated heterocycles. The molecule has 0 saturated carbocycles. The number of aromatic amines is 1. The fourth-order valence-corrected chi connectivity index (χ4v) is 2.07. The highest BCUT2D eigenvalue weighted by Gasteiger charge is 2.07. The molecule has 0 amide bonds. The average molecular weight is 296 g/mol. The average Bonchev–Trinajstić information content (AvgIpc) is 2.88. The van der Waals surface area contributed by atoms with Crippen LogP contribution in [0.1, 0.15) is 5.56 Å². The van der Waals surface area contributed by atoms with Crippen molar-refractivity contribution in [3.63, 3.8) is 0 Å². The number of nitrogens with zero attached hydrogens (tertiary/aromatic N) is 3. The van der Waals surface area contributed by atoms with Crippen LogP contribution in [-0.4, -0.2) is 26.2 Å². The molecular weight excluding hydrogens is 284 g/mol. The number of phenolic OH excluding ortho intramolecular Hbond substituents is 1. The molecule has 0 radical (unpaired) electrons. The Balaban J connectivity index is 2.02. The first kappa shape index (κ1) is 13.3. The molecule has 0 fully saturated rings. The molecule has 0 unspecified atom stereocenters. The topological polar surface area (TPSA) is 66.2 Å². The minimum Gasteiger partial charge on any atom is -0.507 e. The highest BCUT2D eigenvalue weighted by Crippen LogP contribution is 2.17. The zero-order valence-electron chi connectivity index (χ0n) is 11.0. The van der Waals surface area contributed by atoms with Crippen molar-refractivity contribution in [2.75, 3.05) is 0 Å². The van der Waals surface area contributed by atoms with Gasteiger partial charge in [0.2, 0.25) is 4.77 Å². The molecule has 6 heteroatoms. The van der Waals surface area contributed by atoms with Crippen molar-refractivity contribution in [3.8, 4) is 17.1 Å². The summed E-state index contributed by atoms with van der Waals surface area (Å²) < 4.78 is 1.91. The van der Waals surface area contributed by atoms with E-state index < -0.39 is 0 Å². The summed E-state index contributed by atoms with van der Waals surface area (Å²) >= 11 is 5.19. The first-order valence-electron chi connectivity index (χ1n) is 6.31. The van der Waals surface area contributed by atoms with Crippen molar-refractivity contribution in [2.45, 2.75) is 0 Å². The molecule has 1 aromatic heterocycles. The number of benzene rings is 2. The molecule has 3 aromatic rings. The van der Waals surface area contributed by atoms with Crippen LogP contribution in [-0.2, 0) is 0 Å². The van der Waals surface area contributed by atoms with Crippen LogP contribution in [0.5, 0.6) is 5.75 Å². The van der Waals surface area contributed by atoms with Gasteiger partial charge in [0.15, 0.2) is 5.82 Å². The lowest BCUT2D eigenvalue weighted by Gasteiger charge is -2.01. The SMILES string of the molecule is Oc1ccccc1C=Nn1c(-c2ccccc2)n[nH]c1=S. The smallest absolute Gasteiger partial charge is 0.216 e. The van der Waals surface area contributed by atoms with E-state index in [2.05, 4.69) is 15.3 Å². The highest BCUT2D eigenvalue weighted by atomic mass is 32.1. The van der Waals surface area contributed by atoms with Gasteiger partial charge in [0, 0.05) is 11.1 Å². The molecule has 0 atom stereocenters. The summed E-state index contributed by atoms with van der Waals surface area (Å²) in [5.74, 6) is 0.782. The van der Waals surface area contributed by atoms with Crippen molar-refractivity contribution in [3.05, 3.63) is 64.9 Å². The molecule has 3 rings (SSSR count). The Morgan fingerprint density at radius 1 is 1.10 bits per heavy atom. The van der Waals surface area contributed by atoms with Gasteiger partial charge < -0.3 is 5.11 Å². The normalized spacial score (nSPS) is 11.0. The number of aromatic nitrogens is 3. The van der Waals surface area contributed by atoms with E-state index in [0.29, 0.717) is 16.2 Å². The molecule has 104 valence electrons. The molecule has 5 nitrogen and oxygen atoms in total. The van der Waals surface area contributed by atoms with Crippen LogP contribution in [0.3, 0.4) is 0 Å². The van der Waals surface area contributed by atoms with E-state index >= 15 is 0 Å². The summed E-state index contributed by atoms with van der Waals surface area (Å²) in [5, 5.41) is 21.0. The van der Waals surface area contributed by atoms with Crippen molar-refractivity contribution >= 4 is 18.4 Å². The number of H-pyrrole nitrogens is 1. The van der Waals surface area contributed by atoms with E-state index in [1.165, 1.54) is 4.68 Å². The van der Waals surface area contributed by atoms with E-state index in [4.69, 9.17) is 12.2 Å². The van der Waals surface area contributed by atoms with Crippen LogP contribution in [0, 0.1) is 4.77 Å². The fourth-order valence-electron chi connectivity index (χ4n) is 1.89. The minimum atomic E-state index is 0.164. The van der Waals surface area contributed by atoms with E-state index in [0.717, 1.165) is 5.56 Å². The van der Waals surface area contributed by atoms with Crippen molar-refractivity contribution < 1.29 is 5.11 Å². The van der Waals surface area contributed by atoms with Crippen molar-refractivity contribution in [1.29, 1.82) is 0 Å². The van der Waals surface area contributed by atoms with Crippen LogP contribution in [0.25, 0.3) is 11.4 Å². The van der Waals surface area contributed by atoms with Gasteiger partial charge >= 0.3 is 0 Å². The molecule has 2 N–H and O–H groups in total. The summed E-state index contributed by atoms with van der Waals surface area (Å²) in [6, 6.07) is 16.6. The molecule has 1 heterocycles. The van der Waals surface area contributed by atoms with Crippen molar-refractivity contribution in [1.82, 2.24) is 14.9 Å². The van der Waals surface area contributed by atoms with Gasteiger partial charge in [-0.3, -0.25) is 0 Å². The zero-order chi connectivity index (χ0) is 14.7. The predicted octanol–water partition coefficient (Wildman–Crippen LogP) is 3.20. The van der Waals surface area contributed by atoms with E-state index in [-0.39, 0.29) is 5.75 Å². The Bertz CT molecular complexity index is 836. The monoisotopic (exact) mass is 296 g/mol. The van der Waals surface area contributed by atoms with Gasteiger partial charge in [0.05, 0.1) is 6.21 Å². The standard InChI is InChI=1S/C15H12N4OS/c20-13-9-5-4-8-12(13)10-16-19-14(17-18-15(19)21)11-6-2-1-3-7-11/h1-10,20H,(H,18,21). The van der Waals surface area contributed by atoms with E-state index in [1.54, 1.807) is 24.4 Å². The van der Waals surface area contributed by atoms with Gasteiger partial charge in [0.1, 0.15) is 5.75 Å². The maximum Gasteiger partial charge on any atom is 0.216 e. The second-order valence-corrected chi connectivity index (χ2v) is 4.72. The van der Waals surface area contributed by atoms with Crippen molar-refractivity contribution in [2.24, 2.45) is 5.10 Å². The number of nitrogens with one attached hydrogen (secondary N) is 1. The number of aromatic hydroxyl groups is 1. The van der Waals surface area contributed by atoms with Crippen LogP contribution >= 0.6 is 12.2 Å². The third kappa shape index (κ3) is 2.75. The van der Waals surface area contributed by atoms with Gasteiger partial charge in [-0.05, 0) is 24.4 Å².